The van der Waals surface area contributed by atoms with E-state index in [1.54, 1.807) is 42.5 Å². The Hall–Kier alpha value is -3.45. The second-order valence-electron chi connectivity index (χ2n) is 5.99. The average molecular weight is 365 g/mol. The van der Waals surface area contributed by atoms with Crippen LogP contribution in [0.5, 0.6) is 0 Å². The molecule has 3 rings (SSSR count). The van der Waals surface area contributed by atoms with Gasteiger partial charge in [-0.2, -0.15) is 0 Å². The Morgan fingerprint density at radius 3 is 2.26 bits per heavy atom. The lowest BCUT2D eigenvalue weighted by atomic mass is 10.1. The fourth-order valence-corrected chi connectivity index (χ4v) is 2.85. The van der Waals surface area contributed by atoms with Crippen molar-refractivity contribution in [3.8, 4) is 0 Å². The molecule has 7 heteroatoms. The third kappa shape index (κ3) is 4.04. The topological polar surface area (TPSA) is 87.7 Å². The van der Waals surface area contributed by atoms with Crippen molar-refractivity contribution in [2.75, 3.05) is 30.9 Å². The van der Waals surface area contributed by atoms with Crippen LogP contribution in [0.2, 0.25) is 0 Å². The van der Waals surface area contributed by atoms with Gasteiger partial charge in [0, 0.05) is 35.3 Å². The molecule has 0 saturated carbocycles. The number of carbonyl (C=O) groups is 3. The van der Waals surface area contributed by atoms with Crippen molar-refractivity contribution in [3.63, 3.8) is 0 Å². The summed E-state index contributed by atoms with van der Waals surface area (Å²) in [6, 6.07) is 13.8. The normalized spacial score (nSPS) is 12.7. The molecule has 0 radical (unpaired) electrons. The van der Waals surface area contributed by atoms with Gasteiger partial charge in [-0.3, -0.25) is 19.3 Å². The minimum absolute atomic E-state index is 0.0592. The maximum atomic E-state index is 12.5. The number of methoxy groups -OCH3 is 1. The van der Waals surface area contributed by atoms with Crippen molar-refractivity contribution in [1.29, 1.82) is 0 Å². The van der Waals surface area contributed by atoms with E-state index >= 15 is 0 Å². The minimum atomic E-state index is -0.363. The highest BCUT2D eigenvalue weighted by atomic mass is 16.5. The summed E-state index contributed by atoms with van der Waals surface area (Å²) in [5.41, 5.74) is 2.82. The molecule has 1 heterocycles. The number of fused-ring (bicyclic) bond motifs is 1. The number of hydrogen-bond donors (Lipinski definition) is 2. The SMILES string of the molecule is C=C1c2ccccc2C(=O)N1CC(=O)Nc1cccc(NC(=O)COC)c1. The lowest BCUT2D eigenvalue weighted by Gasteiger charge is -2.17. The first-order valence-electron chi connectivity index (χ1n) is 8.28. The lowest BCUT2D eigenvalue weighted by Crippen LogP contribution is -2.32. The summed E-state index contributed by atoms with van der Waals surface area (Å²) in [6.45, 7) is 3.71. The number of anilines is 2. The van der Waals surface area contributed by atoms with Gasteiger partial charge in [0.15, 0.2) is 0 Å². The standard InChI is InChI=1S/C20H19N3O4/c1-13-16-8-3-4-9-17(16)20(26)23(13)11-18(24)21-14-6-5-7-15(10-14)22-19(25)12-27-2/h3-10H,1,11-12H2,2H3,(H,21,24)(H,22,25). The van der Waals surface area contributed by atoms with E-state index < -0.39 is 0 Å². The van der Waals surface area contributed by atoms with Gasteiger partial charge in [-0.15, -0.1) is 0 Å². The Kier molecular flexibility index (Phi) is 5.33. The third-order valence-electron chi connectivity index (χ3n) is 4.05. The Bertz CT molecular complexity index is 888. The summed E-state index contributed by atoms with van der Waals surface area (Å²) in [5.74, 6) is -0.901. The fourth-order valence-electron chi connectivity index (χ4n) is 2.85. The second kappa shape index (κ2) is 7.84. The number of benzene rings is 2. The molecule has 2 aromatic rings. The zero-order valence-electron chi connectivity index (χ0n) is 14.8. The molecule has 0 spiro atoms. The summed E-state index contributed by atoms with van der Waals surface area (Å²) < 4.78 is 4.76. The van der Waals surface area contributed by atoms with Crippen LogP contribution in [0.1, 0.15) is 15.9 Å². The largest absolute Gasteiger partial charge is 0.375 e. The van der Waals surface area contributed by atoms with Gasteiger partial charge in [-0.1, -0.05) is 30.8 Å². The number of amides is 3. The van der Waals surface area contributed by atoms with Crippen LogP contribution in [-0.2, 0) is 14.3 Å². The predicted octanol–water partition coefficient (Wildman–Crippen LogP) is 2.34. The maximum absolute atomic E-state index is 12.5. The zero-order valence-corrected chi connectivity index (χ0v) is 14.8. The fraction of sp³-hybridized carbons (Fsp3) is 0.150. The van der Waals surface area contributed by atoms with Crippen LogP contribution in [0.4, 0.5) is 11.4 Å². The molecule has 1 aliphatic heterocycles. The number of hydrogen-bond acceptors (Lipinski definition) is 4. The Morgan fingerprint density at radius 1 is 1.00 bits per heavy atom. The Morgan fingerprint density at radius 2 is 1.63 bits per heavy atom. The van der Waals surface area contributed by atoms with E-state index in [1.165, 1.54) is 12.0 Å². The van der Waals surface area contributed by atoms with Gasteiger partial charge < -0.3 is 15.4 Å². The number of nitrogens with zero attached hydrogens (tertiary/aromatic N) is 1. The molecule has 0 unspecified atom stereocenters. The first-order chi connectivity index (χ1) is 13.0. The van der Waals surface area contributed by atoms with E-state index in [1.807, 2.05) is 6.07 Å². The molecule has 0 bridgehead atoms. The van der Waals surface area contributed by atoms with Gasteiger partial charge in [-0.25, -0.2) is 0 Å². The van der Waals surface area contributed by atoms with Gasteiger partial charge in [0.05, 0.1) is 0 Å². The van der Waals surface area contributed by atoms with Crippen LogP contribution in [0, 0.1) is 0 Å². The number of carbonyl (C=O) groups excluding carboxylic acids is 3. The number of nitrogens with one attached hydrogen (secondary N) is 2. The first kappa shape index (κ1) is 18.3. The highest BCUT2D eigenvalue weighted by molar-refractivity contribution is 6.11. The predicted molar refractivity (Wildman–Crippen MR) is 102 cm³/mol. The van der Waals surface area contributed by atoms with Crippen LogP contribution >= 0.6 is 0 Å². The molecule has 27 heavy (non-hydrogen) atoms. The van der Waals surface area contributed by atoms with E-state index in [2.05, 4.69) is 17.2 Å². The van der Waals surface area contributed by atoms with Gasteiger partial charge in [0.2, 0.25) is 11.8 Å². The van der Waals surface area contributed by atoms with E-state index in [0.717, 1.165) is 5.56 Å². The van der Waals surface area contributed by atoms with Crippen LogP contribution in [0.15, 0.2) is 55.1 Å². The Labute approximate surface area is 156 Å². The monoisotopic (exact) mass is 365 g/mol. The second-order valence-corrected chi connectivity index (χ2v) is 5.99. The van der Waals surface area contributed by atoms with Crippen LogP contribution < -0.4 is 10.6 Å². The van der Waals surface area contributed by atoms with Crippen LogP contribution in [0.25, 0.3) is 5.70 Å². The molecule has 7 nitrogen and oxygen atoms in total. The molecule has 0 aromatic heterocycles. The lowest BCUT2D eigenvalue weighted by molar-refractivity contribution is -0.119. The smallest absolute Gasteiger partial charge is 0.259 e. The van der Waals surface area contributed by atoms with Crippen molar-refractivity contribution < 1.29 is 19.1 Å². The first-order valence-corrected chi connectivity index (χ1v) is 8.28. The summed E-state index contributed by atoms with van der Waals surface area (Å²) in [7, 11) is 1.43. The molecule has 3 amide bonds. The van der Waals surface area contributed by atoms with Crippen molar-refractivity contribution in [2.24, 2.45) is 0 Å². The molecule has 0 atom stereocenters. The van der Waals surface area contributed by atoms with E-state index in [-0.39, 0.29) is 30.9 Å². The molecule has 0 aliphatic carbocycles. The van der Waals surface area contributed by atoms with E-state index in [9.17, 15) is 14.4 Å². The summed E-state index contributed by atoms with van der Waals surface area (Å²) in [4.78, 5) is 37.8. The third-order valence-corrected chi connectivity index (χ3v) is 4.05. The highest BCUT2D eigenvalue weighted by Gasteiger charge is 2.31. The molecular weight excluding hydrogens is 346 g/mol. The van der Waals surface area contributed by atoms with Crippen molar-refractivity contribution in [1.82, 2.24) is 4.90 Å². The van der Waals surface area contributed by atoms with Crippen molar-refractivity contribution in [3.05, 3.63) is 66.2 Å². The Balaban J connectivity index is 1.64. The molecule has 1 aliphatic rings. The molecular formula is C20H19N3O4. The number of rotatable bonds is 6. The maximum Gasteiger partial charge on any atom is 0.259 e. The molecule has 138 valence electrons. The average Bonchev–Trinajstić information content (AvgIpc) is 2.87. The molecule has 0 saturated heterocycles. The zero-order chi connectivity index (χ0) is 19.4. The van der Waals surface area contributed by atoms with Crippen molar-refractivity contribution in [2.45, 2.75) is 0 Å². The van der Waals surface area contributed by atoms with Crippen molar-refractivity contribution >= 4 is 34.8 Å². The quantitative estimate of drug-likeness (QED) is 0.822. The van der Waals surface area contributed by atoms with Crippen LogP contribution in [0.3, 0.4) is 0 Å². The van der Waals surface area contributed by atoms with Gasteiger partial charge in [-0.05, 0) is 24.3 Å². The van der Waals surface area contributed by atoms with E-state index in [0.29, 0.717) is 22.6 Å². The summed E-state index contributed by atoms with van der Waals surface area (Å²) in [5, 5.41) is 5.39. The highest BCUT2D eigenvalue weighted by Crippen LogP contribution is 2.30. The molecule has 2 N–H and O–H groups in total. The summed E-state index contributed by atoms with van der Waals surface area (Å²) in [6.07, 6.45) is 0. The van der Waals surface area contributed by atoms with E-state index in [4.69, 9.17) is 4.74 Å². The molecule has 2 aromatic carbocycles. The molecule has 0 fully saturated rings. The van der Waals surface area contributed by atoms with Crippen LogP contribution in [-0.4, -0.2) is 42.9 Å². The summed E-state index contributed by atoms with van der Waals surface area (Å²) >= 11 is 0. The minimum Gasteiger partial charge on any atom is -0.375 e. The number of ether oxygens (including phenoxy) is 1. The van der Waals surface area contributed by atoms with Gasteiger partial charge in [0.1, 0.15) is 13.2 Å². The van der Waals surface area contributed by atoms with Gasteiger partial charge in [0.25, 0.3) is 5.91 Å². The van der Waals surface area contributed by atoms with Gasteiger partial charge >= 0.3 is 0 Å².